The normalized spacial score (nSPS) is 13.1. The molecule has 9 heteroatoms. The Balaban J connectivity index is 0.00000529. The number of amides is 2. The van der Waals surface area contributed by atoms with Crippen LogP contribution in [0.25, 0.3) is 0 Å². The van der Waals surface area contributed by atoms with Crippen LogP contribution >= 0.6 is 23.2 Å². The van der Waals surface area contributed by atoms with Crippen molar-refractivity contribution in [1.29, 1.82) is 0 Å². The van der Waals surface area contributed by atoms with E-state index in [4.69, 9.17) is 28.9 Å². The Kier molecular flexibility index (Phi) is 16.4. The molecule has 0 saturated carbocycles. The lowest BCUT2D eigenvalue weighted by Crippen LogP contribution is -2.39. The van der Waals surface area contributed by atoms with Gasteiger partial charge in [-0.15, -0.1) is 0 Å². The van der Waals surface area contributed by atoms with Crippen LogP contribution < -0.4 is 16.4 Å². The van der Waals surface area contributed by atoms with Crippen LogP contribution in [-0.2, 0) is 19.1 Å². The van der Waals surface area contributed by atoms with E-state index >= 15 is 0 Å². The van der Waals surface area contributed by atoms with Crippen LogP contribution in [0.1, 0.15) is 52.1 Å². The number of esters is 1. The predicted molar refractivity (Wildman–Crippen MR) is 139 cm³/mol. The average Bonchev–Trinajstić information content (AvgIpc) is 2.82. The van der Waals surface area contributed by atoms with E-state index in [1.165, 1.54) is 7.11 Å². The van der Waals surface area contributed by atoms with Crippen LogP contribution in [0.15, 0.2) is 54.2 Å². The van der Waals surface area contributed by atoms with Crippen molar-refractivity contribution in [2.75, 3.05) is 13.7 Å². The first kappa shape index (κ1) is 31.4. The largest absolute Gasteiger partial charge is 0.469 e. The van der Waals surface area contributed by atoms with Gasteiger partial charge in [0.2, 0.25) is 5.91 Å². The molecule has 0 saturated heterocycles. The Hall–Kier alpha value is -2.61. The van der Waals surface area contributed by atoms with Crippen LogP contribution in [0, 0.1) is 0 Å². The van der Waals surface area contributed by atoms with Gasteiger partial charge in [-0.3, -0.25) is 14.4 Å². The van der Waals surface area contributed by atoms with Gasteiger partial charge in [-0.2, -0.15) is 0 Å². The Bertz CT molecular complexity index is 878. The first-order valence-corrected chi connectivity index (χ1v) is 11.9. The lowest BCUT2D eigenvalue weighted by Gasteiger charge is -2.17. The van der Waals surface area contributed by atoms with E-state index in [1.54, 1.807) is 55.5 Å². The maximum Gasteiger partial charge on any atom is 0.307 e. The van der Waals surface area contributed by atoms with Gasteiger partial charge in [0.25, 0.3) is 5.91 Å². The third-order valence-electron chi connectivity index (χ3n) is 4.36. The zero-order chi connectivity index (χ0) is 26.1. The van der Waals surface area contributed by atoms with Crippen LogP contribution in [0.3, 0.4) is 0 Å². The third-order valence-corrected chi connectivity index (χ3v) is 4.80. The molecule has 1 rings (SSSR count). The maximum atomic E-state index is 12.6. The highest BCUT2D eigenvalue weighted by molar-refractivity contribution is 6.34. The van der Waals surface area contributed by atoms with Crippen molar-refractivity contribution in [3.8, 4) is 0 Å². The molecule has 7 nitrogen and oxygen atoms in total. The van der Waals surface area contributed by atoms with Gasteiger partial charge in [0.15, 0.2) is 0 Å². The molecule has 4 N–H and O–H groups in total. The van der Waals surface area contributed by atoms with Crippen molar-refractivity contribution in [2.45, 2.75) is 52.6 Å². The van der Waals surface area contributed by atoms with E-state index in [1.807, 2.05) is 20.8 Å². The number of rotatable bonds is 11. The number of carbonyl (C=O) groups excluding carboxylic acids is 3. The zero-order valence-electron chi connectivity index (χ0n) is 20.4. The molecule has 0 radical (unpaired) electrons. The Morgan fingerprint density at radius 1 is 1.15 bits per heavy atom. The highest BCUT2D eigenvalue weighted by Gasteiger charge is 2.18. The van der Waals surface area contributed by atoms with Crippen molar-refractivity contribution in [3.63, 3.8) is 0 Å². The number of benzene rings is 1. The van der Waals surface area contributed by atoms with E-state index in [-0.39, 0.29) is 30.8 Å². The highest BCUT2D eigenvalue weighted by Crippen LogP contribution is 2.22. The van der Waals surface area contributed by atoms with Crippen molar-refractivity contribution in [2.24, 2.45) is 5.73 Å². The maximum absolute atomic E-state index is 12.6. The van der Waals surface area contributed by atoms with Crippen LogP contribution in [-0.4, -0.2) is 37.5 Å². The number of nitrogens with two attached hydrogens (primary N) is 1. The first-order chi connectivity index (χ1) is 16.2. The van der Waals surface area contributed by atoms with Gasteiger partial charge in [-0.25, -0.2) is 0 Å². The van der Waals surface area contributed by atoms with Gasteiger partial charge in [-0.05, 0) is 43.2 Å². The highest BCUT2D eigenvalue weighted by atomic mass is 35.5. The van der Waals surface area contributed by atoms with E-state index < -0.39 is 12.0 Å². The van der Waals surface area contributed by atoms with Crippen LogP contribution in [0.4, 0.5) is 0 Å². The molecule has 0 aliphatic rings. The second-order valence-corrected chi connectivity index (χ2v) is 7.67. The number of methoxy groups -OCH3 is 1. The van der Waals surface area contributed by atoms with Crippen molar-refractivity contribution >= 4 is 41.0 Å². The molecular formula is C25H35Cl2N3O4. The summed E-state index contributed by atoms with van der Waals surface area (Å²) in [5, 5.41) is 6.31. The van der Waals surface area contributed by atoms with Crippen LogP contribution in [0.5, 0.6) is 0 Å². The summed E-state index contributed by atoms with van der Waals surface area (Å²) in [6.45, 7) is 7.87. The Morgan fingerprint density at radius 2 is 1.76 bits per heavy atom. The summed E-state index contributed by atoms with van der Waals surface area (Å²) in [7, 11) is 1.29. The summed E-state index contributed by atoms with van der Waals surface area (Å²) in [5.74, 6) is -1.10. The predicted octanol–water partition coefficient (Wildman–Crippen LogP) is 4.65. The third kappa shape index (κ3) is 12.0. The second-order valence-electron chi connectivity index (χ2n) is 6.79. The molecule has 0 aromatic heterocycles. The van der Waals surface area contributed by atoms with Crippen LogP contribution in [0.2, 0.25) is 10.0 Å². The van der Waals surface area contributed by atoms with Gasteiger partial charge in [0.1, 0.15) is 6.04 Å². The fourth-order valence-corrected chi connectivity index (χ4v) is 3.17. The molecular weight excluding hydrogens is 477 g/mol. The molecule has 2 amide bonds. The topological polar surface area (TPSA) is 111 Å². The van der Waals surface area contributed by atoms with E-state index in [0.29, 0.717) is 27.6 Å². The average molecular weight is 512 g/mol. The van der Waals surface area contributed by atoms with Crippen molar-refractivity contribution in [3.05, 3.63) is 69.8 Å². The Labute approximate surface area is 212 Å². The minimum absolute atomic E-state index is 0.0865. The number of nitrogens with one attached hydrogen (secondary N) is 2. The lowest BCUT2D eigenvalue weighted by atomic mass is 10.1. The summed E-state index contributed by atoms with van der Waals surface area (Å²) in [6.07, 6.45) is 9.15. The molecule has 0 aliphatic carbocycles. The van der Waals surface area contributed by atoms with Gasteiger partial charge in [0, 0.05) is 28.2 Å². The fraction of sp³-hybridized carbons (Fsp3) is 0.400. The second kappa shape index (κ2) is 17.8. The van der Waals surface area contributed by atoms with Crippen molar-refractivity contribution in [1.82, 2.24) is 10.6 Å². The molecule has 0 fully saturated rings. The monoisotopic (exact) mass is 511 g/mol. The minimum Gasteiger partial charge on any atom is -0.469 e. The molecule has 188 valence electrons. The standard InChI is InChI=1S/C23H29Cl2N3O4.C2H6/c1-4-7-15(22(30)27-11-10-20(29)32-3)8-6-9-19(5-2)28-23(31)21(26)16-12-17(24)14-18(25)13-16;1-2/h4,6-9,12-14,19,21H,5,10-11,26H2,1-3H3,(H,27,30)(H,28,31);1-2H3/b7-4-,9-6+,15-8+;. The summed E-state index contributed by atoms with van der Waals surface area (Å²) in [5.41, 5.74) is 6.97. The van der Waals surface area contributed by atoms with Gasteiger partial charge in [0.05, 0.1) is 13.5 Å². The molecule has 34 heavy (non-hydrogen) atoms. The summed E-state index contributed by atoms with van der Waals surface area (Å²) >= 11 is 12.0. The number of hydrogen-bond donors (Lipinski definition) is 3. The number of carbonyl (C=O) groups is 3. The molecule has 0 heterocycles. The van der Waals surface area contributed by atoms with Gasteiger partial charge >= 0.3 is 5.97 Å². The molecule has 0 aliphatic heterocycles. The number of hydrogen-bond acceptors (Lipinski definition) is 5. The van der Waals surface area contributed by atoms with E-state index in [9.17, 15) is 14.4 Å². The first-order valence-electron chi connectivity index (χ1n) is 11.1. The molecule has 1 aromatic rings. The molecule has 0 spiro atoms. The van der Waals surface area contributed by atoms with Gasteiger partial charge in [-0.1, -0.05) is 68.3 Å². The quantitative estimate of drug-likeness (QED) is 0.227. The van der Waals surface area contributed by atoms with Crippen molar-refractivity contribution < 1.29 is 19.1 Å². The minimum atomic E-state index is -0.927. The number of allylic oxidation sites excluding steroid dienone is 3. The molecule has 1 aromatic carbocycles. The zero-order valence-corrected chi connectivity index (χ0v) is 21.9. The van der Waals surface area contributed by atoms with Gasteiger partial charge < -0.3 is 21.1 Å². The fourth-order valence-electron chi connectivity index (χ4n) is 2.63. The van der Waals surface area contributed by atoms with E-state index in [2.05, 4.69) is 15.4 Å². The molecule has 0 bridgehead atoms. The lowest BCUT2D eigenvalue weighted by molar-refractivity contribution is -0.140. The summed E-state index contributed by atoms with van der Waals surface area (Å²) in [6, 6.07) is 3.53. The molecule has 2 atom stereocenters. The summed E-state index contributed by atoms with van der Waals surface area (Å²) < 4.78 is 4.55. The SMILES string of the molecule is CC.C\C=C/C(=C\C=C\C(CC)NC(=O)C(N)c1cc(Cl)cc(Cl)c1)C(=O)NCCC(=O)OC. The Morgan fingerprint density at radius 3 is 2.29 bits per heavy atom. The number of ether oxygens (including phenoxy) is 1. The van der Waals surface area contributed by atoms with E-state index in [0.717, 1.165) is 0 Å². The summed E-state index contributed by atoms with van der Waals surface area (Å²) in [4.78, 5) is 36.0. The number of halogens is 2. The molecule has 2 unspecified atom stereocenters. The smallest absolute Gasteiger partial charge is 0.307 e.